The molecule has 0 amide bonds. The molecule has 2 rings (SSSR count). The summed E-state index contributed by atoms with van der Waals surface area (Å²) < 4.78 is 6.70. The maximum atomic E-state index is 6.01. The zero-order valence-electron chi connectivity index (χ0n) is 9.17. The SMILES string of the molecule is CNCCCc1nnc(-c2cc(Cl)sc2Cl)o1. The summed E-state index contributed by atoms with van der Waals surface area (Å²) in [5.41, 5.74) is 0.703. The molecule has 0 saturated heterocycles. The first-order chi connectivity index (χ1) is 8.20. The molecule has 1 N–H and O–H groups in total. The maximum absolute atomic E-state index is 6.01. The summed E-state index contributed by atoms with van der Waals surface area (Å²) in [7, 11) is 1.91. The Morgan fingerprint density at radius 3 is 2.88 bits per heavy atom. The third-order valence-electron chi connectivity index (χ3n) is 2.17. The molecule has 0 bridgehead atoms. The van der Waals surface area contributed by atoms with Crippen LogP contribution in [0.1, 0.15) is 12.3 Å². The van der Waals surface area contributed by atoms with E-state index in [2.05, 4.69) is 15.5 Å². The van der Waals surface area contributed by atoms with E-state index < -0.39 is 0 Å². The minimum absolute atomic E-state index is 0.428. The number of hydrogen-bond donors (Lipinski definition) is 1. The van der Waals surface area contributed by atoms with E-state index >= 15 is 0 Å². The van der Waals surface area contributed by atoms with Crippen molar-refractivity contribution in [2.75, 3.05) is 13.6 Å². The Balaban J connectivity index is 2.10. The first kappa shape index (κ1) is 12.8. The Labute approximate surface area is 113 Å². The van der Waals surface area contributed by atoms with Crippen LogP contribution >= 0.6 is 34.5 Å². The van der Waals surface area contributed by atoms with Gasteiger partial charge in [-0.1, -0.05) is 23.2 Å². The predicted octanol–water partition coefficient (Wildman–Crippen LogP) is 3.26. The van der Waals surface area contributed by atoms with Gasteiger partial charge in [0.15, 0.2) is 0 Å². The molecule has 4 nitrogen and oxygen atoms in total. The number of aromatic nitrogens is 2. The zero-order valence-corrected chi connectivity index (χ0v) is 11.5. The van der Waals surface area contributed by atoms with Gasteiger partial charge in [-0.15, -0.1) is 21.5 Å². The molecule has 0 spiro atoms. The molecule has 0 saturated carbocycles. The minimum atomic E-state index is 0.428. The van der Waals surface area contributed by atoms with Crippen LogP contribution in [0.3, 0.4) is 0 Å². The first-order valence-corrected chi connectivity index (χ1v) is 6.70. The Bertz CT molecular complexity index is 497. The van der Waals surface area contributed by atoms with Gasteiger partial charge >= 0.3 is 0 Å². The summed E-state index contributed by atoms with van der Waals surface area (Å²) in [6.07, 6.45) is 1.71. The molecule has 0 unspecified atom stereocenters. The van der Waals surface area contributed by atoms with Crippen LogP contribution < -0.4 is 5.32 Å². The number of hydrogen-bond acceptors (Lipinski definition) is 5. The molecular formula is C10H11Cl2N3OS. The summed E-state index contributed by atoms with van der Waals surface area (Å²) in [5.74, 6) is 1.05. The highest BCUT2D eigenvalue weighted by Gasteiger charge is 2.14. The van der Waals surface area contributed by atoms with E-state index in [9.17, 15) is 0 Å². The number of rotatable bonds is 5. The Hall–Kier alpha value is -0.620. The van der Waals surface area contributed by atoms with Crippen molar-refractivity contribution in [3.63, 3.8) is 0 Å². The average Bonchev–Trinajstić information content (AvgIpc) is 2.86. The van der Waals surface area contributed by atoms with Crippen molar-refractivity contribution >= 4 is 34.5 Å². The van der Waals surface area contributed by atoms with Gasteiger partial charge in [0.05, 0.1) is 9.90 Å². The lowest BCUT2D eigenvalue weighted by Crippen LogP contribution is -2.08. The topological polar surface area (TPSA) is 51.0 Å². The maximum Gasteiger partial charge on any atom is 0.250 e. The lowest BCUT2D eigenvalue weighted by Gasteiger charge is -1.94. The lowest BCUT2D eigenvalue weighted by atomic mass is 10.3. The highest BCUT2D eigenvalue weighted by atomic mass is 35.5. The molecule has 92 valence electrons. The van der Waals surface area contributed by atoms with Crippen molar-refractivity contribution in [2.45, 2.75) is 12.8 Å². The molecule has 7 heteroatoms. The molecule has 17 heavy (non-hydrogen) atoms. The predicted molar refractivity (Wildman–Crippen MR) is 69.9 cm³/mol. The normalized spacial score (nSPS) is 11.0. The van der Waals surface area contributed by atoms with E-state index in [1.165, 1.54) is 11.3 Å². The Morgan fingerprint density at radius 1 is 1.41 bits per heavy atom. The van der Waals surface area contributed by atoms with Gasteiger partial charge in [0.1, 0.15) is 4.34 Å². The Kier molecular flexibility index (Phi) is 4.39. The van der Waals surface area contributed by atoms with Crippen molar-refractivity contribution < 1.29 is 4.42 Å². The fourth-order valence-corrected chi connectivity index (χ4v) is 2.81. The molecule has 0 aromatic carbocycles. The van der Waals surface area contributed by atoms with Crippen LogP contribution in [0.25, 0.3) is 11.5 Å². The molecule has 2 aromatic heterocycles. The second-order valence-corrected chi connectivity index (χ2v) is 5.73. The molecular weight excluding hydrogens is 281 g/mol. The molecule has 2 heterocycles. The molecule has 2 aromatic rings. The number of aryl methyl sites for hydroxylation is 1. The fourth-order valence-electron chi connectivity index (χ4n) is 1.37. The van der Waals surface area contributed by atoms with Crippen molar-refractivity contribution in [1.82, 2.24) is 15.5 Å². The number of nitrogens with one attached hydrogen (secondary N) is 1. The summed E-state index contributed by atoms with van der Waals surface area (Å²) in [4.78, 5) is 0. The molecule has 0 aliphatic heterocycles. The average molecular weight is 292 g/mol. The van der Waals surface area contributed by atoms with Gasteiger partial charge in [0.2, 0.25) is 11.8 Å². The Morgan fingerprint density at radius 2 is 2.24 bits per heavy atom. The molecule has 0 fully saturated rings. The van der Waals surface area contributed by atoms with E-state index in [-0.39, 0.29) is 0 Å². The van der Waals surface area contributed by atoms with Crippen LogP contribution in [0.15, 0.2) is 10.5 Å². The van der Waals surface area contributed by atoms with Gasteiger partial charge in [-0.3, -0.25) is 0 Å². The monoisotopic (exact) mass is 291 g/mol. The van der Waals surface area contributed by atoms with Crippen molar-refractivity contribution in [3.8, 4) is 11.5 Å². The third-order valence-corrected chi connectivity index (χ3v) is 3.66. The van der Waals surface area contributed by atoms with Crippen molar-refractivity contribution in [1.29, 1.82) is 0 Å². The summed E-state index contributed by atoms with van der Waals surface area (Å²) in [6.45, 7) is 0.919. The number of thiophene rings is 1. The second-order valence-electron chi connectivity index (χ2n) is 3.45. The van der Waals surface area contributed by atoms with Crippen LogP contribution in [0.2, 0.25) is 8.67 Å². The van der Waals surface area contributed by atoms with Gasteiger partial charge in [-0.25, -0.2) is 0 Å². The standard InChI is InChI=1S/C10H11Cl2N3OS/c1-13-4-2-3-8-14-15-10(16-8)6-5-7(11)17-9(6)12/h5,13H,2-4H2,1H3. The van der Waals surface area contributed by atoms with Crippen LogP contribution in [-0.2, 0) is 6.42 Å². The van der Waals surface area contributed by atoms with Crippen molar-refractivity contribution in [3.05, 3.63) is 20.6 Å². The van der Waals surface area contributed by atoms with E-state index in [1.54, 1.807) is 6.07 Å². The van der Waals surface area contributed by atoms with Crippen LogP contribution in [-0.4, -0.2) is 23.8 Å². The number of nitrogens with zero attached hydrogens (tertiary/aromatic N) is 2. The van der Waals surface area contributed by atoms with Crippen molar-refractivity contribution in [2.24, 2.45) is 0 Å². The van der Waals surface area contributed by atoms with Gasteiger partial charge < -0.3 is 9.73 Å². The smallest absolute Gasteiger partial charge is 0.250 e. The van der Waals surface area contributed by atoms with E-state index in [0.29, 0.717) is 26.0 Å². The van der Waals surface area contributed by atoms with Crippen LogP contribution in [0.4, 0.5) is 0 Å². The zero-order chi connectivity index (χ0) is 12.3. The molecule has 0 atom stereocenters. The van der Waals surface area contributed by atoms with Gasteiger partial charge in [-0.2, -0.15) is 0 Å². The lowest BCUT2D eigenvalue weighted by molar-refractivity contribution is 0.495. The van der Waals surface area contributed by atoms with E-state index in [1.807, 2.05) is 7.05 Å². The molecule has 0 radical (unpaired) electrons. The van der Waals surface area contributed by atoms with Crippen LogP contribution in [0.5, 0.6) is 0 Å². The van der Waals surface area contributed by atoms with Gasteiger partial charge in [0.25, 0.3) is 0 Å². The third kappa shape index (κ3) is 3.19. The number of halogens is 2. The van der Waals surface area contributed by atoms with Gasteiger partial charge in [-0.05, 0) is 26.1 Å². The first-order valence-electron chi connectivity index (χ1n) is 5.13. The highest BCUT2D eigenvalue weighted by molar-refractivity contribution is 7.20. The molecule has 0 aliphatic rings. The fraction of sp³-hybridized carbons (Fsp3) is 0.400. The second kappa shape index (κ2) is 5.82. The van der Waals surface area contributed by atoms with Gasteiger partial charge in [0, 0.05) is 6.42 Å². The summed E-state index contributed by atoms with van der Waals surface area (Å²) >= 11 is 13.2. The van der Waals surface area contributed by atoms with E-state index in [4.69, 9.17) is 27.6 Å². The molecule has 0 aliphatic carbocycles. The minimum Gasteiger partial charge on any atom is -0.421 e. The highest BCUT2D eigenvalue weighted by Crippen LogP contribution is 2.37. The quantitative estimate of drug-likeness (QED) is 0.859. The van der Waals surface area contributed by atoms with Crippen LogP contribution in [0, 0.1) is 0 Å². The van der Waals surface area contributed by atoms with E-state index in [0.717, 1.165) is 19.4 Å². The summed E-state index contributed by atoms with van der Waals surface area (Å²) in [5, 5.41) is 11.0. The largest absolute Gasteiger partial charge is 0.421 e. The summed E-state index contributed by atoms with van der Waals surface area (Å²) in [6, 6.07) is 1.74.